The van der Waals surface area contributed by atoms with Gasteiger partial charge in [0, 0.05) is 31.7 Å². The Balaban J connectivity index is 1.48. The van der Waals surface area contributed by atoms with E-state index in [0.717, 1.165) is 47.5 Å². The van der Waals surface area contributed by atoms with Gasteiger partial charge < -0.3 is 10.6 Å². The molecule has 0 aliphatic carbocycles. The highest BCUT2D eigenvalue weighted by atomic mass is 32.1. The Bertz CT molecular complexity index is 866. The topological polar surface area (TPSA) is 79.8 Å². The van der Waals surface area contributed by atoms with Crippen molar-refractivity contribution in [1.82, 2.24) is 19.5 Å². The molecule has 0 atom stereocenters. The van der Waals surface area contributed by atoms with E-state index < -0.39 is 0 Å². The van der Waals surface area contributed by atoms with Crippen LogP contribution in [-0.2, 0) is 4.79 Å². The number of carbonyl (C=O) groups is 1. The zero-order valence-corrected chi connectivity index (χ0v) is 14.2. The van der Waals surface area contributed by atoms with Crippen molar-refractivity contribution in [3.63, 3.8) is 0 Å². The second-order valence-electron chi connectivity index (χ2n) is 5.97. The SMILES string of the molecule is NC(=O)CN1CCN(c2nn3cc(-c4ccc(F)cc4)nc3s2)CC1. The van der Waals surface area contributed by atoms with Gasteiger partial charge in [0.25, 0.3) is 0 Å². The van der Waals surface area contributed by atoms with Crippen LogP contribution in [0.4, 0.5) is 9.52 Å². The summed E-state index contributed by atoms with van der Waals surface area (Å²) in [5.41, 5.74) is 6.88. The lowest BCUT2D eigenvalue weighted by molar-refractivity contribution is -0.119. The molecule has 1 fully saturated rings. The van der Waals surface area contributed by atoms with E-state index >= 15 is 0 Å². The lowest BCUT2D eigenvalue weighted by Gasteiger charge is -2.33. The number of halogens is 1. The number of nitrogens with zero attached hydrogens (tertiary/aromatic N) is 5. The highest BCUT2D eigenvalue weighted by Gasteiger charge is 2.21. The van der Waals surface area contributed by atoms with E-state index in [4.69, 9.17) is 5.73 Å². The van der Waals surface area contributed by atoms with Crippen LogP contribution in [0.2, 0.25) is 0 Å². The van der Waals surface area contributed by atoms with Gasteiger partial charge in [0.05, 0.1) is 18.4 Å². The van der Waals surface area contributed by atoms with Gasteiger partial charge in [0.15, 0.2) is 0 Å². The molecule has 0 unspecified atom stereocenters. The number of benzene rings is 1. The number of primary amides is 1. The molecule has 3 aromatic rings. The highest BCUT2D eigenvalue weighted by Crippen LogP contribution is 2.27. The molecular formula is C16H17FN6OS. The Hall–Kier alpha value is -2.52. The maximum absolute atomic E-state index is 13.0. The van der Waals surface area contributed by atoms with E-state index in [1.54, 1.807) is 16.6 Å². The fraction of sp³-hybridized carbons (Fsp3) is 0.312. The van der Waals surface area contributed by atoms with Crippen LogP contribution in [0.5, 0.6) is 0 Å². The van der Waals surface area contributed by atoms with Crippen LogP contribution in [0.25, 0.3) is 16.2 Å². The maximum atomic E-state index is 13.0. The highest BCUT2D eigenvalue weighted by molar-refractivity contribution is 7.20. The largest absolute Gasteiger partial charge is 0.369 e. The summed E-state index contributed by atoms with van der Waals surface area (Å²) in [5.74, 6) is -0.560. The summed E-state index contributed by atoms with van der Waals surface area (Å²) in [4.78, 5) is 20.6. The van der Waals surface area contributed by atoms with Gasteiger partial charge in [-0.05, 0) is 24.3 Å². The molecule has 0 spiro atoms. The molecule has 0 bridgehead atoms. The quantitative estimate of drug-likeness (QED) is 0.756. The van der Waals surface area contributed by atoms with Crippen LogP contribution >= 0.6 is 11.3 Å². The van der Waals surface area contributed by atoms with Crippen LogP contribution in [-0.4, -0.2) is 58.1 Å². The van der Waals surface area contributed by atoms with Crippen LogP contribution in [0.15, 0.2) is 30.5 Å². The molecule has 1 aliphatic rings. The number of anilines is 1. The summed E-state index contributed by atoms with van der Waals surface area (Å²) in [6.45, 7) is 3.47. The molecule has 9 heteroatoms. The molecular weight excluding hydrogens is 343 g/mol. The Morgan fingerprint density at radius 2 is 1.92 bits per heavy atom. The number of rotatable bonds is 4. The molecule has 7 nitrogen and oxygen atoms in total. The smallest absolute Gasteiger partial charge is 0.231 e. The second-order valence-corrected chi connectivity index (χ2v) is 6.91. The molecule has 1 aromatic carbocycles. The van der Waals surface area contributed by atoms with E-state index in [-0.39, 0.29) is 11.7 Å². The van der Waals surface area contributed by atoms with E-state index in [1.165, 1.54) is 23.5 Å². The van der Waals surface area contributed by atoms with Crippen molar-refractivity contribution in [2.75, 3.05) is 37.6 Å². The Labute approximate surface area is 147 Å². The van der Waals surface area contributed by atoms with Gasteiger partial charge in [0.2, 0.25) is 16.0 Å². The molecule has 0 radical (unpaired) electrons. The van der Waals surface area contributed by atoms with Gasteiger partial charge in [-0.15, -0.1) is 5.10 Å². The number of hydrogen-bond acceptors (Lipinski definition) is 6. The van der Waals surface area contributed by atoms with Gasteiger partial charge in [-0.3, -0.25) is 9.69 Å². The third-order valence-electron chi connectivity index (χ3n) is 4.19. The first-order valence-corrected chi connectivity index (χ1v) is 8.78. The van der Waals surface area contributed by atoms with Gasteiger partial charge in [0.1, 0.15) is 5.82 Å². The lowest BCUT2D eigenvalue weighted by Crippen LogP contribution is -2.48. The number of imidazole rings is 1. The summed E-state index contributed by atoms with van der Waals surface area (Å²) in [5, 5.41) is 5.51. The first-order valence-electron chi connectivity index (χ1n) is 7.96. The second kappa shape index (κ2) is 6.41. The minimum Gasteiger partial charge on any atom is -0.369 e. The predicted octanol–water partition coefficient (Wildman–Crippen LogP) is 1.20. The van der Waals surface area contributed by atoms with Crippen molar-refractivity contribution in [3.05, 3.63) is 36.3 Å². The molecule has 1 saturated heterocycles. The van der Waals surface area contributed by atoms with E-state index in [2.05, 4.69) is 15.0 Å². The standard InChI is InChI=1S/C16H17FN6OS/c17-12-3-1-11(2-4-12)13-9-23-15(19-13)25-16(20-23)22-7-5-21(6-8-22)10-14(18)24/h1-4,9H,5-8,10H2,(H2,18,24). The molecule has 3 heterocycles. The average molecular weight is 360 g/mol. The van der Waals surface area contributed by atoms with Crippen molar-refractivity contribution in [2.45, 2.75) is 0 Å². The molecule has 1 aliphatic heterocycles. The maximum Gasteiger partial charge on any atom is 0.231 e. The number of aromatic nitrogens is 3. The minimum absolute atomic E-state index is 0.263. The predicted molar refractivity (Wildman–Crippen MR) is 94.1 cm³/mol. The molecule has 2 N–H and O–H groups in total. The first kappa shape index (κ1) is 16.0. The summed E-state index contributed by atoms with van der Waals surface area (Å²) >= 11 is 1.52. The zero-order chi connectivity index (χ0) is 17.4. The molecule has 2 aromatic heterocycles. The van der Waals surface area contributed by atoms with E-state index in [9.17, 15) is 9.18 Å². The average Bonchev–Trinajstić information content (AvgIpc) is 3.14. The van der Waals surface area contributed by atoms with Crippen molar-refractivity contribution < 1.29 is 9.18 Å². The molecule has 4 rings (SSSR count). The number of fused-ring (bicyclic) bond motifs is 1. The van der Waals surface area contributed by atoms with E-state index in [0.29, 0.717) is 6.54 Å². The van der Waals surface area contributed by atoms with Crippen molar-refractivity contribution in [1.29, 1.82) is 0 Å². The summed E-state index contributed by atoms with van der Waals surface area (Å²) in [7, 11) is 0. The zero-order valence-electron chi connectivity index (χ0n) is 13.4. The van der Waals surface area contributed by atoms with Crippen LogP contribution in [0.3, 0.4) is 0 Å². The number of piperazine rings is 1. The first-order chi connectivity index (χ1) is 12.1. The van der Waals surface area contributed by atoms with Crippen LogP contribution < -0.4 is 10.6 Å². The molecule has 1 amide bonds. The Morgan fingerprint density at radius 1 is 1.20 bits per heavy atom. The van der Waals surface area contributed by atoms with Gasteiger partial charge >= 0.3 is 0 Å². The molecule has 0 saturated carbocycles. The Kier molecular flexibility index (Phi) is 4.10. The van der Waals surface area contributed by atoms with Gasteiger partial charge in [-0.25, -0.2) is 13.9 Å². The third-order valence-corrected chi connectivity index (χ3v) is 5.18. The number of nitrogens with two attached hydrogens (primary N) is 1. The van der Waals surface area contributed by atoms with Crippen LogP contribution in [0, 0.1) is 5.82 Å². The molecule has 25 heavy (non-hydrogen) atoms. The van der Waals surface area contributed by atoms with Crippen molar-refractivity contribution in [3.8, 4) is 11.3 Å². The normalized spacial score (nSPS) is 15.8. The van der Waals surface area contributed by atoms with Gasteiger partial charge in [-0.2, -0.15) is 0 Å². The monoisotopic (exact) mass is 360 g/mol. The Morgan fingerprint density at radius 3 is 2.56 bits per heavy atom. The van der Waals surface area contributed by atoms with Crippen LogP contribution in [0.1, 0.15) is 0 Å². The van der Waals surface area contributed by atoms with E-state index in [1.807, 2.05) is 11.1 Å². The lowest BCUT2D eigenvalue weighted by atomic mass is 10.2. The van der Waals surface area contributed by atoms with Gasteiger partial charge in [-0.1, -0.05) is 11.3 Å². The summed E-state index contributed by atoms with van der Waals surface area (Å²) < 4.78 is 14.8. The number of amides is 1. The van der Waals surface area contributed by atoms with Crippen molar-refractivity contribution >= 4 is 27.3 Å². The number of carbonyl (C=O) groups excluding carboxylic acids is 1. The fourth-order valence-corrected chi connectivity index (χ4v) is 3.83. The fourth-order valence-electron chi connectivity index (χ4n) is 2.89. The third kappa shape index (κ3) is 3.33. The van der Waals surface area contributed by atoms with Crippen molar-refractivity contribution in [2.24, 2.45) is 5.73 Å². The number of hydrogen-bond donors (Lipinski definition) is 1. The summed E-state index contributed by atoms with van der Waals surface area (Å²) in [6, 6.07) is 6.27. The minimum atomic E-state index is -0.297. The molecule has 130 valence electrons. The summed E-state index contributed by atoms with van der Waals surface area (Å²) in [6.07, 6.45) is 1.85.